The van der Waals surface area contributed by atoms with E-state index in [0.29, 0.717) is 29.1 Å². The molecular weight excluding hydrogens is 677 g/mol. The molecule has 6 nitrogen and oxygen atoms in total. The highest BCUT2D eigenvalue weighted by molar-refractivity contribution is 5.15. The lowest BCUT2D eigenvalue weighted by Gasteiger charge is -2.46. The second-order valence-electron chi connectivity index (χ2n) is 20.9. The van der Waals surface area contributed by atoms with Gasteiger partial charge in [-0.05, 0) is 130 Å². The molecule has 55 heavy (non-hydrogen) atoms. The molecule has 2 heterocycles. The van der Waals surface area contributed by atoms with E-state index in [1.165, 1.54) is 193 Å². The molecule has 0 saturated heterocycles. The zero-order chi connectivity index (χ0) is 37.2. The van der Waals surface area contributed by atoms with Gasteiger partial charge in [0, 0.05) is 23.7 Å². The Kier molecular flexibility index (Phi) is 12.4. The van der Waals surface area contributed by atoms with Gasteiger partial charge in [-0.15, -0.1) is 20.4 Å². The molecule has 6 heteroatoms. The van der Waals surface area contributed by atoms with Gasteiger partial charge in [0.2, 0.25) is 23.6 Å². The first-order chi connectivity index (χ1) is 27.2. The third kappa shape index (κ3) is 7.79. The molecule has 12 atom stereocenters. The van der Waals surface area contributed by atoms with Crippen LogP contribution in [-0.2, 0) is 0 Å². The predicted molar refractivity (Wildman–Crippen MR) is 220 cm³/mol. The maximum Gasteiger partial charge on any atom is 0.219 e. The highest BCUT2D eigenvalue weighted by Gasteiger charge is 2.61. The number of hydrogen-bond donors (Lipinski definition) is 0. The van der Waals surface area contributed by atoms with Gasteiger partial charge in [-0.2, -0.15) is 0 Å². The summed E-state index contributed by atoms with van der Waals surface area (Å²) < 4.78 is 13.8. The van der Waals surface area contributed by atoms with Crippen LogP contribution >= 0.6 is 0 Å². The zero-order valence-corrected chi connectivity index (χ0v) is 35.2. The van der Waals surface area contributed by atoms with Crippen LogP contribution in [0.4, 0.5) is 0 Å². The van der Waals surface area contributed by atoms with Crippen LogP contribution in [0, 0.1) is 52.8 Å². The summed E-state index contributed by atoms with van der Waals surface area (Å²) in [5.41, 5.74) is 0.414. The third-order valence-electron chi connectivity index (χ3n) is 18.2. The molecule has 306 valence electrons. The summed E-state index contributed by atoms with van der Waals surface area (Å²) in [6, 6.07) is 0. The molecule has 12 unspecified atom stereocenters. The molecule has 0 bridgehead atoms. The van der Waals surface area contributed by atoms with Crippen LogP contribution in [0.25, 0.3) is 0 Å². The Morgan fingerprint density at radius 2 is 0.873 bits per heavy atom. The predicted octanol–water partition coefficient (Wildman–Crippen LogP) is 14.2. The number of aromatic nitrogens is 4. The maximum atomic E-state index is 6.88. The molecule has 7 aliphatic carbocycles. The van der Waals surface area contributed by atoms with Crippen LogP contribution in [0.1, 0.15) is 254 Å². The molecule has 0 N–H and O–H groups in total. The van der Waals surface area contributed by atoms with E-state index in [2.05, 4.69) is 13.8 Å². The summed E-state index contributed by atoms with van der Waals surface area (Å²) in [6.45, 7) is 4.75. The molecule has 0 radical (unpaired) electrons. The van der Waals surface area contributed by atoms with Crippen LogP contribution < -0.4 is 0 Å². The molecule has 0 spiro atoms. The second-order valence-corrected chi connectivity index (χ2v) is 20.9. The van der Waals surface area contributed by atoms with Crippen molar-refractivity contribution in [2.24, 2.45) is 52.8 Å². The quantitative estimate of drug-likeness (QED) is 0.179. The van der Waals surface area contributed by atoms with Crippen LogP contribution in [0.15, 0.2) is 8.83 Å². The molecule has 0 amide bonds. The van der Waals surface area contributed by atoms with E-state index >= 15 is 0 Å². The van der Waals surface area contributed by atoms with Gasteiger partial charge in [0.05, 0.1) is 0 Å². The highest BCUT2D eigenvalue weighted by Crippen LogP contribution is 2.69. The zero-order valence-electron chi connectivity index (χ0n) is 35.2. The van der Waals surface area contributed by atoms with Gasteiger partial charge in [-0.1, -0.05) is 129 Å². The number of unbranched alkanes of at least 4 members (excludes halogenated alkanes) is 6. The first-order valence-corrected chi connectivity index (χ1v) is 24.8. The maximum absolute atomic E-state index is 6.88. The Labute approximate surface area is 334 Å². The Bertz CT molecular complexity index is 1380. The smallest absolute Gasteiger partial charge is 0.219 e. The fourth-order valence-corrected chi connectivity index (χ4v) is 15.7. The Morgan fingerprint density at radius 1 is 0.436 bits per heavy atom. The van der Waals surface area contributed by atoms with Crippen LogP contribution in [0.3, 0.4) is 0 Å². The minimum atomic E-state index is 0.414. The van der Waals surface area contributed by atoms with E-state index in [4.69, 9.17) is 29.2 Å². The first-order valence-electron chi connectivity index (χ1n) is 24.8. The van der Waals surface area contributed by atoms with Crippen molar-refractivity contribution < 1.29 is 8.83 Å². The van der Waals surface area contributed by atoms with Crippen molar-refractivity contribution in [2.45, 2.75) is 230 Å². The van der Waals surface area contributed by atoms with E-state index in [1.807, 2.05) is 0 Å². The average molecular weight is 755 g/mol. The summed E-state index contributed by atoms with van der Waals surface area (Å²) >= 11 is 0. The average Bonchev–Trinajstić information content (AvgIpc) is 3.99. The van der Waals surface area contributed by atoms with E-state index < -0.39 is 0 Å². The Balaban J connectivity index is 0.969. The molecule has 9 rings (SSSR count). The molecule has 0 aliphatic heterocycles. The van der Waals surface area contributed by atoms with Gasteiger partial charge in [0.15, 0.2) is 0 Å². The van der Waals surface area contributed by atoms with Crippen molar-refractivity contribution in [1.82, 2.24) is 20.4 Å². The lowest BCUT2D eigenvalue weighted by atomic mass is 9.58. The Hall–Kier alpha value is -1.72. The second kappa shape index (κ2) is 17.6. The number of rotatable bonds is 14. The van der Waals surface area contributed by atoms with Gasteiger partial charge in [0.25, 0.3) is 0 Å². The monoisotopic (exact) mass is 755 g/mol. The van der Waals surface area contributed by atoms with Crippen molar-refractivity contribution >= 4 is 0 Å². The fourth-order valence-electron chi connectivity index (χ4n) is 15.7. The van der Waals surface area contributed by atoms with Crippen LogP contribution in [-0.4, -0.2) is 20.4 Å². The molecular formula is C49H78N4O2. The molecule has 7 aliphatic rings. The van der Waals surface area contributed by atoms with Gasteiger partial charge < -0.3 is 8.83 Å². The minimum Gasteiger partial charge on any atom is -0.425 e. The summed E-state index contributed by atoms with van der Waals surface area (Å²) in [4.78, 5) is 0. The van der Waals surface area contributed by atoms with Crippen LogP contribution in [0.2, 0.25) is 0 Å². The van der Waals surface area contributed by atoms with Gasteiger partial charge in [0.1, 0.15) is 0 Å². The Morgan fingerprint density at radius 3 is 1.35 bits per heavy atom. The number of hydrogen-bond acceptors (Lipinski definition) is 6. The summed E-state index contributed by atoms with van der Waals surface area (Å²) in [6.07, 6.45) is 40.8. The minimum absolute atomic E-state index is 0.414. The van der Waals surface area contributed by atoms with Crippen molar-refractivity contribution in [3.05, 3.63) is 23.6 Å². The molecule has 2 aromatic rings. The van der Waals surface area contributed by atoms with Crippen LogP contribution in [0.5, 0.6) is 0 Å². The molecule has 7 saturated carbocycles. The lowest BCUT2D eigenvalue weighted by Crippen LogP contribution is -2.38. The van der Waals surface area contributed by atoms with Crippen molar-refractivity contribution in [2.75, 3.05) is 0 Å². The van der Waals surface area contributed by atoms with E-state index in [-0.39, 0.29) is 0 Å². The van der Waals surface area contributed by atoms with E-state index in [1.54, 1.807) is 0 Å². The topological polar surface area (TPSA) is 77.8 Å². The fraction of sp³-hybridized carbons (Fsp3) is 0.918. The van der Waals surface area contributed by atoms with Gasteiger partial charge in [-0.3, -0.25) is 0 Å². The summed E-state index contributed by atoms with van der Waals surface area (Å²) in [7, 11) is 0. The number of fused-ring (bicyclic) bond motifs is 5. The molecule has 2 aromatic heterocycles. The number of nitrogens with zero attached hydrogens (tertiary/aromatic N) is 4. The highest BCUT2D eigenvalue weighted by atomic mass is 16.4. The summed E-state index contributed by atoms with van der Waals surface area (Å²) in [5.74, 6) is 12.5. The standard InChI is InChI=1S/C49H78N4O2/c1-3-5-7-13-29-49(30-14-8-6-4-2)43-31-35(45-50-52-47(54-45)41-23-15-19-33-17-9-11-21-37(33)41)25-27-39(43)40-28-26-36(32-44(40)49)46-51-53-48(55-46)42-24-16-20-34-18-10-12-22-38(34)42/h33-44H,3-32H2,1-2H3. The van der Waals surface area contributed by atoms with E-state index in [0.717, 1.165) is 70.9 Å². The third-order valence-corrected chi connectivity index (χ3v) is 18.2. The lowest BCUT2D eigenvalue weighted by molar-refractivity contribution is 0.0397. The SMILES string of the molecule is CCCCCCC1(CCCCCC)C2CC(c3nnc(C4CCCC5CCCCC54)o3)CCC2C2CCC(c3nnc(C4CCCC5CCCCC54)o3)CC21. The van der Waals surface area contributed by atoms with Gasteiger partial charge in [-0.25, -0.2) is 0 Å². The normalized spacial score (nSPS) is 38.5. The largest absolute Gasteiger partial charge is 0.425 e. The summed E-state index contributed by atoms with van der Waals surface area (Å²) in [5, 5.41) is 19.7. The molecule has 0 aromatic carbocycles. The van der Waals surface area contributed by atoms with Gasteiger partial charge >= 0.3 is 0 Å². The first kappa shape index (κ1) is 38.8. The van der Waals surface area contributed by atoms with Crippen molar-refractivity contribution in [3.63, 3.8) is 0 Å². The molecule has 7 fully saturated rings. The van der Waals surface area contributed by atoms with Crippen molar-refractivity contribution in [3.8, 4) is 0 Å². The van der Waals surface area contributed by atoms with Crippen molar-refractivity contribution in [1.29, 1.82) is 0 Å². The van der Waals surface area contributed by atoms with E-state index in [9.17, 15) is 0 Å².